The van der Waals surface area contributed by atoms with Crippen LogP contribution >= 0.6 is 11.3 Å². The van der Waals surface area contributed by atoms with Gasteiger partial charge in [-0.1, -0.05) is 163 Å². The fourth-order valence-electron chi connectivity index (χ4n) is 10.4. The maximum atomic E-state index is 7.92. The smallest absolute Gasteiger partial charge is 0.333 e. The average molecular weight is 1150 g/mol. The van der Waals surface area contributed by atoms with Crippen molar-refractivity contribution in [1.82, 2.24) is 14.5 Å². The van der Waals surface area contributed by atoms with E-state index < -0.39 is 6.85 Å². The Balaban J connectivity index is 0.000000199. The zero-order valence-corrected chi connectivity index (χ0v) is 45.8. The number of hydrogen-bond acceptors (Lipinski definition) is 2. The first-order valence-electron chi connectivity index (χ1n) is 26.8. The molecule has 0 unspecified atom stereocenters. The first-order valence-corrected chi connectivity index (χ1v) is 26.1. The number of aryl methyl sites for hydroxylation is 1. The Hall–Kier alpha value is -6.95. The zero-order chi connectivity index (χ0) is 52.3. The van der Waals surface area contributed by atoms with Crippen LogP contribution in [0.1, 0.15) is 111 Å². The number of hydrogen-bond donors (Lipinski definition) is 0. The Morgan fingerprint density at radius 1 is 0.589 bits per heavy atom. The number of thiophene rings is 1. The minimum Gasteiger partial charge on any atom is -0.333 e. The van der Waals surface area contributed by atoms with E-state index in [2.05, 4.69) is 210 Å². The SMILES string of the molecule is CC(C)c1cccc(C(C)C)c1-n1c(-c2[c-]cccc2)nc2ccccc21.[2H]C([2H])([2H])c1ccc2cc3c(cc2c1)sc1c(-c2[n-]c4ccccc4[n+]2-c2c(C(C)C)cc(-c4ccccc4)cc2C(C)C)[c-]ccc13.[Ir+3]. The molecule has 0 spiro atoms. The van der Waals surface area contributed by atoms with Crippen LogP contribution in [0.4, 0.5) is 0 Å². The zero-order valence-electron chi connectivity index (χ0n) is 45.6. The monoisotopic (exact) mass is 1150 g/mol. The van der Waals surface area contributed by atoms with E-state index in [1.807, 2.05) is 30.3 Å². The van der Waals surface area contributed by atoms with Crippen LogP contribution in [0.3, 0.4) is 0 Å². The quantitative estimate of drug-likeness (QED) is 0.107. The van der Waals surface area contributed by atoms with E-state index in [-0.39, 0.29) is 31.9 Å². The van der Waals surface area contributed by atoms with E-state index in [9.17, 15) is 0 Å². The molecular weight excluding hydrogens is 1090 g/mol. The summed E-state index contributed by atoms with van der Waals surface area (Å²) in [6.07, 6.45) is 0. The van der Waals surface area contributed by atoms with Crippen molar-refractivity contribution >= 4 is 64.3 Å². The molecule has 4 nitrogen and oxygen atoms in total. The summed E-state index contributed by atoms with van der Waals surface area (Å²) in [6.45, 7) is 16.0. The number of imidazole rings is 2. The van der Waals surface area contributed by atoms with Gasteiger partial charge in [-0.05, 0) is 133 Å². The Bertz CT molecular complexity index is 4020. The molecule has 0 fully saturated rings. The van der Waals surface area contributed by atoms with Crippen molar-refractivity contribution in [2.45, 2.75) is 85.9 Å². The minimum absolute atomic E-state index is 0. The molecule has 6 heteroatoms. The van der Waals surface area contributed by atoms with Crippen molar-refractivity contribution in [3.63, 3.8) is 0 Å². The molecule has 3 heterocycles. The standard InChI is InChI=1S/C42H35N2S.C25H25N2.Ir/c1-25(2)34-22-31(28-12-7-6-8-13-28)23-35(26(3)4)40(34)44-38-17-10-9-16-37(38)43-42(44)33-15-11-14-32-36-21-29-19-18-27(5)20-30(29)24-39(36)45-41(32)33;1-17(2)20-13-10-14-21(18(3)4)24(20)27-23-16-9-8-15-22(23)26-25(27)19-11-6-5-7-12-19;/h6-14,16-26H,1-5H3;5-11,13-18H,1-4H3;/q2*-1;+3/i5D3;;. The molecule has 0 aliphatic heterocycles. The second kappa shape index (κ2) is 20.5. The van der Waals surface area contributed by atoms with E-state index >= 15 is 0 Å². The molecule has 0 bridgehead atoms. The predicted molar refractivity (Wildman–Crippen MR) is 305 cm³/mol. The summed E-state index contributed by atoms with van der Waals surface area (Å²) in [5, 5.41) is 4.26. The first kappa shape index (κ1) is 45.9. The Kier molecular flexibility index (Phi) is 12.9. The molecule has 12 aromatic rings. The van der Waals surface area contributed by atoms with Crippen LogP contribution in [0.2, 0.25) is 0 Å². The third-order valence-corrected chi connectivity index (χ3v) is 15.2. The van der Waals surface area contributed by atoms with Crippen LogP contribution < -0.4 is 9.55 Å². The average Bonchev–Trinajstić information content (AvgIpc) is 4.15. The van der Waals surface area contributed by atoms with Gasteiger partial charge in [0.05, 0.1) is 33.7 Å². The van der Waals surface area contributed by atoms with Crippen molar-refractivity contribution in [2.24, 2.45) is 0 Å². The summed E-state index contributed by atoms with van der Waals surface area (Å²) < 4.78 is 30.7. The topological polar surface area (TPSA) is 35.8 Å². The van der Waals surface area contributed by atoms with Crippen molar-refractivity contribution < 1.29 is 28.8 Å². The van der Waals surface area contributed by atoms with Crippen molar-refractivity contribution in [3.05, 3.63) is 216 Å². The molecule has 0 atom stereocenters. The largest absolute Gasteiger partial charge is 3.00 e. The third-order valence-electron chi connectivity index (χ3n) is 14.0. The van der Waals surface area contributed by atoms with Crippen molar-refractivity contribution in [1.29, 1.82) is 0 Å². The number of para-hydroxylation sites is 5. The second-order valence-corrected chi connectivity index (χ2v) is 21.2. The summed E-state index contributed by atoms with van der Waals surface area (Å²) in [7, 11) is 0. The van der Waals surface area contributed by atoms with Crippen LogP contribution in [0, 0.1) is 19.0 Å². The molecule has 3 aromatic heterocycles. The molecule has 9 aromatic carbocycles. The maximum Gasteiger partial charge on any atom is 3.00 e. The number of fused-ring (bicyclic) bond motifs is 6. The Morgan fingerprint density at radius 3 is 1.97 bits per heavy atom. The van der Waals surface area contributed by atoms with Gasteiger partial charge >= 0.3 is 20.1 Å². The molecule has 0 N–H and O–H groups in total. The molecule has 362 valence electrons. The van der Waals surface area contributed by atoms with Crippen LogP contribution in [-0.4, -0.2) is 9.55 Å². The van der Waals surface area contributed by atoms with Gasteiger partial charge in [0.1, 0.15) is 0 Å². The van der Waals surface area contributed by atoms with Gasteiger partial charge in [0.2, 0.25) is 0 Å². The summed E-state index contributed by atoms with van der Waals surface area (Å²) in [5.41, 5.74) is 16.7. The van der Waals surface area contributed by atoms with Gasteiger partial charge in [0, 0.05) is 20.2 Å². The van der Waals surface area contributed by atoms with Crippen molar-refractivity contribution in [2.75, 3.05) is 0 Å². The normalized spacial score (nSPS) is 12.5. The Labute approximate surface area is 452 Å². The van der Waals surface area contributed by atoms with Crippen molar-refractivity contribution in [3.8, 4) is 45.3 Å². The first-order chi connectivity index (χ1) is 36.2. The predicted octanol–water partition coefficient (Wildman–Crippen LogP) is 18.0. The van der Waals surface area contributed by atoms with Gasteiger partial charge in [0.15, 0.2) is 0 Å². The van der Waals surface area contributed by atoms with E-state index in [1.54, 1.807) is 23.5 Å². The summed E-state index contributed by atoms with van der Waals surface area (Å²) in [5.74, 6) is 3.21. The molecular formula is C67H60IrN4S+. The fourth-order valence-corrected chi connectivity index (χ4v) is 11.6. The Morgan fingerprint density at radius 2 is 1.27 bits per heavy atom. The number of rotatable bonds is 9. The van der Waals surface area contributed by atoms with Gasteiger partial charge in [-0.15, -0.1) is 54.1 Å². The van der Waals surface area contributed by atoms with Gasteiger partial charge in [-0.25, -0.2) is 0 Å². The van der Waals surface area contributed by atoms with E-state index in [0.717, 1.165) is 75.8 Å². The molecule has 12 rings (SSSR count). The molecule has 0 amide bonds. The van der Waals surface area contributed by atoms with E-state index in [4.69, 9.17) is 14.1 Å². The molecule has 0 radical (unpaired) electrons. The molecule has 0 saturated carbocycles. The van der Waals surface area contributed by atoms with Crippen LogP contribution in [0.25, 0.3) is 98.3 Å². The minimum atomic E-state index is -2.15. The summed E-state index contributed by atoms with van der Waals surface area (Å²) in [6, 6.07) is 67.9. The number of nitrogens with zero attached hydrogens (tertiary/aromatic N) is 4. The third kappa shape index (κ3) is 9.16. The van der Waals surface area contributed by atoms with Crippen LogP contribution in [-0.2, 0) is 20.1 Å². The maximum absolute atomic E-state index is 7.92. The molecule has 0 aliphatic rings. The second-order valence-electron chi connectivity index (χ2n) is 20.2. The van der Waals surface area contributed by atoms with Gasteiger partial charge in [-0.3, -0.25) is 9.97 Å². The van der Waals surface area contributed by atoms with Gasteiger partial charge < -0.3 is 9.13 Å². The van der Waals surface area contributed by atoms with Gasteiger partial charge in [0.25, 0.3) is 0 Å². The molecule has 73 heavy (non-hydrogen) atoms. The van der Waals surface area contributed by atoms with Crippen LogP contribution in [0.15, 0.2) is 176 Å². The number of aromatic nitrogens is 4. The van der Waals surface area contributed by atoms with Gasteiger partial charge in [-0.2, -0.15) is 11.3 Å². The van der Waals surface area contributed by atoms with E-state index in [1.165, 1.54) is 44.8 Å². The molecule has 0 aliphatic carbocycles. The number of benzene rings is 9. The summed E-state index contributed by atoms with van der Waals surface area (Å²) in [4.78, 5) is 10.3. The summed E-state index contributed by atoms with van der Waals surface area (Å²) >= 11 is 1.72. The fraction of sp³-hybridized carbons (Fsp3) is 0.194. The van der Waals surface area contributed by atoms with E-state index in [0.29, 0.717) is 17.4 Å². The molecule has 0 saturated heterocycles. The van der Waals surface area contributed by atoms with Crippen LogP contribution in [0.5, 0.6) is 0 Å².